The second-order valence-electron chi connectivity index (χ2n) is 6.41. The molecule has 4 aromatic rings. The van der Waals surface area contributed by atoms with Gasteiger partial charge in [0.05, 0.1) is 7.11 Å². The molecule has 0 saturated heterocycles. The standard InChI is InChI=1S/C21H20N2O3/c1-26-21(25)20(24)11-16-15-7-3-5-9-18(15)23-19(16)10-13-12-22-17-8-4-2-6-14(13)17/h2-9,12,20,22-24H,10-11H2,1H3. The van der Waals surface area contributed by atoms with E-state index in [2.05, 4.69) is 20.8 Å². The molecule has 0 amide bonds. The summed E-state index contributed by atoms with van der Waals surface area (Å²) in [4.78, 5) is 18.4. The number of hydrogen-bond acceptors (Lipinski definition) is 3. The van der Waals surface area contributed by atoms with E-state index >= 15 is 0 Å². The zero-order valence-electron chi connectivity index (χ0n) is 14.5. The highest BCUT2D eigenvalue weighted by Gasteiger charge is 2.21. The molecule has 0 aliphatic heterocycles. The Labute approximate surface area is 150 Å². The quantitative estimate of drug-likeness (QED) is 0.484. The van der Waals surface area contributed by atoms with Gasteiger partial charge in [-0.2, -0.15) is 0 Å². The smallest absolute Gasteiger partial charge is 0.335 e. The minimum Gasteiger partial charge on any atom is -0.467 e. The summed E-state index contributed by atoms with van der Waals surface area (Å²) in [6.45, 7) is 0. The number of carbonyl (C=O) groups is 1. The van der Waals surface area contributed by atoms with Gasteiger partial charge in [0.2, 0.25) is 0 Å². The molecule has 0 bridgehead atoms. The molecule has 4 rings (SSSR count). The van der Waals surface area contributed by atoms with Gasteiger partial charge in [0.1, 0.15) is 0 Å². The highest BCUT2D eigenvalue weighted by Crippen LogP contribution is 2.28. The van der Waals surface area contributed by atoms with E-state index in [-0.39, 0.29) is 6.42 Å². The number of aromatic amines is 2. The molecule has 1 unspecified atom stereocenters. The number of methoxy groups -OCH3 is 1. The van der Waals surface area contributed by atoms with Gasteiger partial charge < -0.3 is 19.8 Å². The predicted molar refractivity (Wildman–Crippen MR) is 101 cm³/mol. The van der Waals surface area contributed by atoms with Crippen molar-refractivity contribution in [2.75, 3.05) is 7.11 Å². The minimum absolute atomic E-state index is 0.217. The van der Waals surface area contributed by atoms with Crippen LogP contribution in [0.1, 0.15) is 16.8 Å². The molecule has 5 heteroatoms. The number of fused-ring (bicyclic) bond motifs is 2. The molecule has 0 spiro atoms. The zero-order chi connectivity index (χ0) is 18.1. The first-order valence-electron chi connectivity index (χ1n) is 8.56. The van der Waals surface area contributed by atoms with E-state index in [0.717, 1.165) is 27.7 Å². The molecule has 2 heterocycles. The SMILES string of the molecule is COC(=O)C(O)Cc1c(Cc2c[nH]c3ccccc23)[nH]c2ccccc12. The molecule has 0 radical (unpaired) electrons. The second-order valence-corrected chi connectivity index (χ2v) is 6.41. The molecule has 2 aromatic heterocycles. The number of rotatable bonds is 5. The zero-order valence-corrected chi connectivity index (χ0v) is 14.5. The van der Waals surface area contributed by atoms with Crippen LogP contribution < -0.4 is 0 Å². The van der Waals surface area contributed by atoms with E-state index in [9.17, 15) is 9.90 Å². The number of para-hydroxylation sites is 2. The van der Waals surface area contributed by atoms with Crippen LogP contribution in [0, 0.1) is 0 Å². The van der Waals surface area contributed by atoms with Gasteiger partial charge in [0.25, 0.3) is 0 Å². The van der Waals surface area contributed by atoms with E-state index in [4.69, 9.17) is 0 Å². The highest BCUT2D eigenvalue weighted by molar-refractivity contribution is 5.87. The molecule has 1 atom stereocenters. The molecular weight excluding hydrogens is 328 g/mol. The maximum Gasteiger partial charge on any atom is 0.335 e. The largest absolute Gasteiger partial charge is 0.467 e. The molecule has 3 N–H and O–H groups in total. The summed E-state index contributed by atoms with van der Waals surface area (Å²) >= 11 is 0. The maximum absolute atomic E-state index is 11.7. The number of hydrogen-bond donors (Lipinski definition) is 3. The van der Waals surface area contributed by atoms with Gasteiger partial charge in [-0.3, -0.25) is 0 Å². The summed E-state index contributed by atoms with van der Waals surface area (Å²) in [5.41, 5.74) is 5.20. The van der Waals surface area contributed by atoms with Crippen molar-refractivity contribution < 1.29 is 14.6 Å². The Bertz CT molecular complexity index is 1080. The van der Waals surface area contributed by atoms with Crippen LogP contribution in [-0.4, -0.2) is 34.3 Å². The van der Waals surface area contributed by atoms with Crippen molar-refractivity contribution in [3.63, 3.8) is 0 Å². The fraction of sp³-hybridized carbons (Fsp3) is 0.190. The van der Waals surface area contributed by atoms with E-state index in [1.807, 2.05) is 48.7 Å². The van der Waals surface area contributed by atoms with Gasteiger partial charge in [0, 0.05) is 46.5 Å². The third-order valence-corrected chi connectivity index (χ3v) is 4.81. The Morgan fingerprint density at radius 2 is 1.77 bits per heavy atom. The Hall–Kier alpha value is -3.05. The summed E-state index contributed by atoms with van der Waals surface area (Å²) in [5, 5.41) is 12.4. The number of aromatic nitrogens is 2. The minimum atomic E-state index is -1.18. The highest BCUT2D eigenvalue weighted by atomic mass is 16.5. The maximum atomic E-state index is 11.7. The topological polar surface area (TPSA) is 78.1 Å². The molecule has 0 saturated carbocycles. The van der Waals surface area contributed by atoms with E-state index < -0.39 is 12.1 Å². The van der Waals surface area contributed by atoms with Crippen molar-refractivity contribution in [3.8, 4) is 0 Å². The Morgan fingerprint density at radius 1 is 1.08 bits per heavy atom. The summed E-state index contributed by atoms with van der Waals surface area (Å²) in [6.07, 6.45) is 1.73. The van der Waals surface area contributed by atoms with Crippen LogP contribution >= 0.6 is 0 Å². The Kier molecular flexibility index (Phi) is 4.22. The Balaban J connectivity index is 1.76. The molecule has 0 aliphatic carbocycles. The molecule has 26 heavy (non-hydrogen) atoms. The summed E-state index contributed by atoms with van der Waals surface area (Å²) < 4.78 is 4.67. The lowest BCUT2D eigenvalue weighted by atomic mass is 9.99. The number of carbonyl (C=O) groups excluding carboxylic acids is 1. The monoisotopic (exact) mass is 348 g/mol. The summed E-state index contributed by atoms with van der Waals surface area (Å²) in [6, 6.07) is 16.1. The second kappa shape index (κ2) is 6.69. The molecule has 2 aromatic carbocycles. The Morgan fingerprint density at radius 3 is 2.54 bits per heavy atom. The summed E-state index contributed by atoms with van der Waals surface area (Å²) in [7, 11) is 1.29. The fourth-order valence-electron chi connectivity index (χ4n) is 3.52. The van der Waals surface area contributed by atoms with Crippen molar-refractivity contribution >= 4 is 27.8 Å². The van der Waals surface area contributed by atoms with Gasteiger partial charge in [-0.05, 0) is 23.3 Å². The normalized spacial score (nSPS) is 12.5. The molecule has 0 aliphatic rings. The first-order valence-corrected chi connectivity index (χ1v) is 8.56. The number of benzene rings is 2. The van der Waals surface area contributed by atoms with Crippen LogP contribution in [0.3, 0.4) is 0 Å². The molecule has 5 nitrogen and oxygen atoms in total. The number of aliphatic hydroxyl groups excluding tert-OH is 1. The average molecular weight is 348 g/mol. The van der Waals surface area contributed by atoms with Crippen molar-refractivity contribution in [3.05, 3.63) is 71.5 Å². The van der Waals surface area contributed by atoms with Gasteiger partial charge in [0.15, 0.2) is 6.10 Å². The molecule has 132 valence electrons. The van der Waals surface area contributed by atoms with Gasteiger partial charge in [-0.25, -0.2) is 4.79 Å². The number of H-pyrrole nitrogens is 2. The molecule has 0 fully saturated rings. The molecular formula is C21H20N2O3. The van der Waals surface area contributed by atoms with Crippen LogP contribution in [0.15, 0.2) is 54.7 Å². The number of aliphatic hydroxyl groups is 1. The first kappa shape index (κ1) is 16.4. The lowest BCUT2D eigenvalue weighted by Crippen LogP contribution is -2.24. The first-order chi connectivity index (χ1) is 12.7. The van der Waals surface area contributed by atoms with Crippen LogP contribution in [-0.2, 0) is 22.4 Å². The van der Waals surface area contributed by atoms with Crippen LogP contribution in [0.4, 0.5) is 0 Å². The van der Waals surface area contributed by atoms with Crippen molar-refractivity contribution in [2.24, 2.45) is 0 Å². The lowest BCUT2D eigenvalue weighted by molar-refractivity contribution is -0.150. The van der Waals surface area contributed by atoms with Crippen molar-refractivity contribution in [1.82, 2.24) is 9.97 Å². The number of esters is 1. The summed E-state index contributed by atoms with van der Waals surface area (Å²) in [5.74, 6) is -0.617. The average Bonchev–Trinajstić information content (AvgIpc) is 3.23. The van der Waals surface area contributed by atoms with Crippen LogP contribution in [0.25, 0.3) is 21.8 Å². The number of nitrogens with one attached hydrogen (secondary N) is 2. The van der Waals surface area contributed by atoms with Gasteiger partial charge in [-0.15, -0.1) is 0 Å². The van der Waals surface area contributed by atoms with Crippen molar-refractivity contribution in [2.45, 2.75) is 18.9 Å². The third kappa shape index (κ3) is 2.86. The van der Waals surface area contributed by atoms with E-state index in [1.165, 1.54) is 18.1 Å². The fourth-order valence-corrected chi connectivity index (χ4v) is 3.52. The van der Waals surface area contributed by atoms with Crippen LogP contribution in [0.5, 0.6) is 0 Å². The van der Waals surface area contributed by atoms with E-state index in [1.54, 1.807) is 0 Å². The van der Waals surface area contributed by atoms with Crippen LogP contribution in [0.2, 0.25) is 0 Å². The van der Waals surface area contributed by atoms with Gasteiger partial charge in [-0.1, -0.05) is 36.4 Å². The van der Waals surface area contributed by atoms with Crippen molar-refractivity contribution in [1.29, 1.82) is 0 Å². The van der Waals surface area contributed by atoms with Gasteiger partial charge >= 0.3 is 5.97 Å². The third-order valence-electron chi connectivity index (χ3n) is 4.81. The predicted octanol–water partition coefficient (Wildman–Crippen LogP) is 3.32. The van der Waals surface area contributed by atoms with E-state index in [0.29, 0.717) is 6.42 Å². The lowest BCUT2D eigenvalue weighted by Gasteiger charge is -2.10. The number of ether oxygens (including phenoxy) is 1.